The second-order valence-electron chi connectivity index (χ2n) is 8.82. The molecule has 0 saturated carbocycles. The molecular formula is C26H26ClN3O3S. The summed E-state index contributed by atoms with van der Waals surface area (Å²) in [6, 6.07) is 10.8. The number of allylic oxidation sites excluding steroid dienone is 1. The van der Waals surface area contributed by atoms with Crippen LogP contribution < -0.4 is 19.9 Å². The zero-order valence-corrected chi connectivity index (χ0v) is 21.3. The van der Waals surface area contributed by atoms with Gasteiger partial charge in [-0.1, -0.05) is 23.7 Å². The number of amides is 2. The molecule has 0 bridgehead atoms. The summed E-state index contributed by atoms with van der Waals surface area (Å²) >= 11 is 11.9. The number of nitrogens with one attached hydrogen (secondary N) is 1. The summed E-state index contributed by atoms with van der Waals surface area (Å²) in [6.07, 6.45) is 3.71. The number of fused-ring (bicyclic) bond motifs is 1. The highest BCUT2D eigenvalue weighted by Gasteiger charge is 2.35. The molecule has 0 aliphatic carbocycles. The highest BCUT2D eigenvalue weighted by atomic mass is 35.5. The fourth-order valence-electron chi connectivity index (χ4n) is 4.22. The molecule has 1 fully saturated rings. The fraction of sp³-hybridized carbons (Fsp3) is 0.269. The Morgan fingerprint density at radius 1 is 1.21 bits per heavy atom. The molecule has 1 N–H and O–H groups in total. The average Bonchev–Trinajstić information content (AvgIpc) is 2.76. The lowest BCUT2D eigenvalue weighted by Crippen LogP contribution is -2.54. The Morgan fingerprint density at radius 3 is 2.65 bits per heavy atom. The van der Waals surface area contributed by atoms with Gasteiger partial charge in [-0.15, -0.1) is 0 Å². The Kier molecular flexibility index (Phi) is 6.27. The zero-order valence-electron chi connectivity index (χ0n) is 19.7. The van der Waals surface area contributed by atoms with E-state index in [9.17, 15) is 9.59 Å². The Labute approximate surface area is 209 Å². The lowest BCUT2D eigenvalue weighted by atomic mass is 9.88. The minimum Gasteiger partial charge on any atom is -0.494 e. The summed E-state index contributed by atoms with van der Waals surface area (Å²) in [7, 11) is 2.02. The van der Waals surface area contributed by atoms with E-state index in [0.29, 0.717) is 28.6 Å². The van der Waals surface area contributed by atoms with Crippen LogP contribution in [0.2, 0.25) is 5.02 Å². The zero-order chi connectivity index (χ0) is 24.8. The standard InChI is InChI=1S/C26H26ClN3O3S/c1-6-33-18-9-7-8-17(12-18)30-24(32)20(23(31)28-25(30)34)11-16-10-19-15(2)14-26(3,4)29(5)22(19)13-21(16)27/h7-14H,6H2,1-5H3,(H,28,31,34)/b20-11-. The molecule has 1 saturated heterocycles. The van der Waals surface area contributed by atoms with Crippen molar-refractivity contribution in [3.05, 3.63) is 64.2 Å². The molecular weight excluding hydrogens is 470 g/mol. The van der Waals surface area contributed by atoms with E-state index in [1.165, 1.54) is 11.0 Å². The molecule has 2 aliphatic rings. The Bertz CT molecular complexity index is 1280. The summed E-state index contributed by atoms with van der Waals surface area (Å²) in [5.74, 6) is -0.488. The fourth-order valence-corrected chi connectivity index (χ4v) is 4.72. The SMILES string of the molecule is CCOc1cccc(N2C(=O)/C(=C\c3cc4c(cc3Cl)N(C)C(C)(C)C=C4C)C(=O)NC2=S)c1. The molecule has 0 aromatic heterocycles. The molecule has 2 amide bonds. The van der Waals surface area contributed by atoms with Crippen molar-refractivity contribution < 1.29 is 14.3 Å². The van der Waals surface area contributed by atoms with Gasteiger partial charge in [0.1, 0.15) is 11.3 Å². The van der Waals surface area contributed by atoms with Crippen molar-refractivity contribution in [2.75, 3.05) is 23.5 Å². The van der Waals surface area contributed by atoms with Crippen molar-refractivity contribution in [1.29, 1.82) is 0 Å². The third-order valence-electron chi connectivity index (χ3n) is 6.12. The van der Waals surface area contributed by atoms with Crippen LogP contribution in [0.1, 0.15) is 38.8 Å². The van der Waals surface area contributed by atoms with Gasteiger partial charge in [0.2, 0.25) is 0 Å². The molecule has 6 nitrogen and oxygen atoms in total. The van der Waals surface area contributed by atoms with Crippen LogP contribution in [0.4, 0.5) is 11.4 Å². The quantitative estimate of drug-likeness (QED) is 0.359. The van der Waals surface area contributed by atoms with Crippen LogP contribution in [0, 0.1) is 0 Å². The maximum atomic E-state index is 13.4. The largest absolute Gasteiger partial charge is 0.494 e. The highest BCUT2D eigenvalue weighted by Crippen LogP contribution is 2.41. The maximum absolute atomic E-state index is 13.4. The molecule has 0 unspecified atom stereocenters. The van der Waals surface area contributed by atoms with Crippen LogP contribution >= 0.6 is 23.8 Å². The molecule has 4 rings (SSSR count). The summed E-state index contributed by atoms with van der Waals surface area (Å²) < 4.78 is 5.54. The number of rotatable bonds is 4. The predicted octanol–water partition coefficient (Wildman–Crippen LogP) is 5.20. The van der Waals surface area contributed by atoms with E-state index in [0.717, 1.165) is 16.8 Å². The molecule has 2 aromatic carbocycles. The number of anilines is 2. The van der Waals surface area contributed by atoms with Gasteiger partial charge >= 0.3 is 0 Å². The predicted molar refractivity (Wildman–Crippen MR) is 141 cm³/mol. The Balaban J connectivity index is 1.76. The topological polar surface area (TPSA) is 61.9 Å². The lowest BCUT2D eigenvalue weighted by molar-refractivity contribution is -0.122. The number of nitrogens with zero attached hydrogens (tertiary/aromatic N) is 2. The van der Waals surface area contributed by atoms with E-state index in [1.54, 1.807) is 24.3 Å². The number of carbonyl (C=O) groups is 2. The number of hydrogen-bond donors (Lipinski definition) is 1. The summed E-state index contributed by atoms with van der Waals surface area (Å²) in [5, 5.41) is 3.07. The first-order valence-corrected chi connectivity index (χ1v) is 11.7. The number of hydrogen-bond acceptors (Lipinski definition) is 5. The smallest absolute Gasteiger partial charge is 0.270 e. The van der Waals surface area contributed by atoms with E-state index in [2.05, 4.69) is 30.1 Å². The number of likely N-dealkylation sites (N-methyl/N-ethyl adjacent to an activating group) is 1. The van der Waals surface area contributed by atoms with Gasteiger partial charge in [-0.05, 0) is 81.4 Å². The van der Waals surface area contributed by atoms with Gasteiger partial charge in [-0.2, -0.15) is 0 Å². The minimum absolute atomic E-state index is 0.0139. The number of benzene rings is 2. The van der Waals surface area contributed by atoms with Crippen molar-refractivity contribution >= 4 is 63.8 Å². The summed E-state index contributed by atoms with van der Waals surface area (Å²) in [4.78, 5) is 29.6. The summed E-state index contributed by atoms with van der Waals surface area (Å²) in [5.41, 5.74) is 3.96. The van der Waals surface area contributed by atoms with Crippen LogP contribution in [-0.2, 0) is 9.59 Å². The molecule has 2 aliphatic heterocycles. The Hall–Kier alpha value is -3.16. The van der Waals surface area contributed by atoms with Crippen LogP contribution in [0.15, 0.2) is 48.0 Å². The lowest BCUT2D eigenvalue weighted by Gasteiger charge is -2.40. The molecule has 0 radical (unpaired) electrons. The van der Waals surface area contributed by atoms with Gasteiger partial charge in [-0.25, -0.2) is 0 Å². The number of halogens is 1. The van der Waals surface area contributed by atoms with Gasteiger partial charge in [0.25, 0.3) is 11.8 Å². The summed E-state index contributed by atoms with van der Waals surface area (Å²) in [6.45, 7) is 8.67. The van der Waals surface area contributed by atoms with Gasteiger partial charge in [0.15, 0.2) is 5.11 Å². The van der Waals surface area contributed by atoms with E-state index in [-0.39, 0.29) is 16.2 Å². The van der Waals surface area contributed by atoms with Crippen LogP contribution in [-0.4, -0.2) is 36.1 Å². The third kappa shape index (κ3) is 4.21. The first-order valence-electron chi connectivity index (χ1n) is 10.9. The molecule has 2 heterocycles. The van der Waals surface area contributed by atoms with E-state index < -0.39 is 11.8 Å². The molecule has 0 atom stereocenters. The molecule has 8 heteroatoms. The van der Waals surface area contributed by atoms with E-state index in [1.807, 2.05) is 33.0 Å². The maximum Gasteiger partial charge on any atom is 0.270 e. The van der Waals surface area contributed by atoms with Crippen LogP contribution in [0.3, 0.4) is 0 Å². The van der Waals surface area contributed by atoms with Crippen molar-refractivity contribution in [2.45, 2.75) is 33.2 Å². The van der Waals surface area contributed by atoms with Gasteiger partial charge in [0.05, 0.1) is 17.8 Å². The molecule has 0 spiro atoms. The first kappa shape index (κ1) is 24.0. The number of carbonyl (C=O) groups excluding carboxylic acids is 2. The van der Waals surface area contributed by atoms with Crippen molar-refractivity contribution in [2.24, 2.45) is 0 Å². The van der Waals surface area contributed by atoms with Crippen molar-refractivity contribution in [1.82, 2.24) is 5.32 Å². The minimum atomic E-state index is -0.563. The van der Waals surface area contributed by atoms with Gasteiger partial charge in [0, 0.05) is 29.4 Å². The normalized spacial score (nSPS) is 18.6. The van der Waals surface area contributed by atoms with E-state index >= 15 is 0 Å². The van der Waals surface area contributed by atoms with Crippen LogP contribution in [0.25, 0.3) is 11.6 Å². The van der Waals surface area contributed by atoms with E-state index in [4.69, 9.17) is 28.6 Å². The molecule has 176 valence electrons. The monoisotopic (exact) mass is 495 g/mol. The molecule has 2 aromatic rings. The number of thiocarbonyl (C=S) groups is 1. The van der Waals surface area contributed by atoms with Gasteiger partial charge in [-0.3, -0.25) is 19.8 Å². The van der Waals surface area contributed by atoms with Crippen molar-refractivity contribution in [3.63, 3.8) is 0 Å². The molecule has 34 heavy (non-hydrogen) atoms. The third-order valence-corrected chi connectivity index (χ3v) is 6.74. The van der Waals surface area contributed by atoms with Crippen molar-refractivity contribution in [3.8, 4) is 5.75 Å². The first-order chi connectivity index (χ1) is 16.0. The average molecular weight is 496 g/mol. The Morgan fingerprint density at radius 2 is 1.94 bits per heavy atom. The number of ether oxygens (including phenoxy) is 1. The second kappa shape index (κ2) is 8.89. The highest BCUT2D eigenvalue weighted by molar-refractivity contribution is 7.80. The second-order valence-corrected chi connectivity index (χ2v) is 9.61. The van der Waals surface area contributed by atoms with Crippen LogP contribution in [0.5, 0.6) is 5.75 Å². The van der Waals surface area contributed by atoms with Gasteiger partial charge < -0.3 is 9.64 Å².